The van der Waals surface area contributed by atoms with Crippen molar-refractivity contribution in [2.24, 2.45) is 17.8 Å². The van der Waals surface area contributed by atoms with E-state index in [1.165, 1.54) is 12.3 Å². The van der Waals surface area contributed by atoms with Crippen LogP contribution in [0.4, 0.5) is 4.39 Å². The maximum absolute atomic E-state index is 13.5. The first-order valence-electron chi connectivity index (χ1n) is 9.63. The van der Waals surface area contributed by atoms with Gasteiger partial charge in [-0.3, -0.25) is 9.59 Å². The first-order chi connectivity index (χ1) is 14.0. The number of oxazole rings is 1. The van der Waals surface area contributed by atoms with E-state index in [1.54, 1.807) is 6.20 Å². The molecule has 8 nitrogen and oxygen atoms in total. The molecule has 3 aromatic heterocycles. The minimum absolute atomic E-state index is 0.0595. The second kappa shape index (κ2) is 6.68. The van der Waals surface area contributed by atoms with E-state index < -0.39 is 29.7 Å². The zero-order chi connectivity index (χ0) is 20.1. The van der Waals surface area contributed by atoms with Gasteiger partial charge in [0.1, 0.15) is 17.7 Å². The third-order valence-corrected chi connectivity index (χ3v) is 6.27. The van der Waals surface area contributed by atoms with Crippen LogP contribution in [0.25, 0.3) is 22.5 Å². The number of aromatic nitrogens is 3. The molecule has 2 bridgehead atoms. The predicted molar refractivity (Wildman–Crippen MR) is 99.4 cm³/mol. The van der Waals surface area contributed by atoms with Gasteiger partial charge in [-0.1, -0.05) is 0 Å². The number of aromatic amines is 1. The molecular weight excluding hydrogens is 379 g/mol. The number of carbonyl (C=O) groups excluding carboxylic acids is 1. The molecule has 3 N–H and O–H groups in total. The normalized spacial score (nSPS) is 26.0. The number of H-pyrrole nitrogens is 1. The van der Waals surface area contributed by atoms with Crippen LogP contribution in [0.5, 0.6) is 0 Å². The van der Waals surface area contributed by atoms with E-state index >= 15 is 0 Å². The Morgan fingerprint density at radius 3 is 2.76 bits per heavy atom. The summed E-state index contributed by atoms with van der Waals surface area (Å²) in [5.74, 6) is -1.96. The Morgan fingerprint density at radius 2 is 2.00 bits per heavy atom. The minimum Gasteiger partial charge on any atom is -0.481 e. The zero-order valence-corrected chi connectivity index (χ0v) is 15.4. The number of hydrogen-bond acceptors (Lipinski definition) is 5. The minimum atomic E-state index is -0.862. The summed E-state index contributed by atoms with van der Waals surface area (Å²) in [6.45, 7) is 0. The molecule has 0 aromatic carbocycles. The molecule has 0 aliphatic heterocycles. The Morgan fingerprint density at radius 1 is 1.24 bits per heavy atom. The van der Waals surface area contributed by atoms with E-state index in [4.69, 9.17) is 4.42 Å². The molecule has 1 unspecified atom stereocenters. The Balaban J connectivity index is 1.39. The molecule has 0 spiro atoms. The number of carbonyl (C=O) groups is 2. The van der Waals surface area contributed by atoms with Gasteiger partial charge >= 0.3 is 5.97 Å². The number of halogens is 1. The number of aliphatic carboxylic acids is 1. The number of hydrogen-bond donors (Lipinski definition) is 3. The molecule has 9 heteroatoms. The third kappa shape index (κ3) is 2.97. The highest BCUT2D eigenvalue weighted by Gasteiger charge is 2.48. The van der Waals surface area contributed by atoms with Crippen LogP contribution in [0.2, 0.25) is 0 Å². The van der Waals surface area contributed by atoms with Crippen molar-refractivity contribution in [2.75, 3.05) is 0 Å². The van der Waals surface area contributed by atoms with E-state index in [-0.39, 0.29) is 23.4 Å². The van der Waals surface area contributed by atoms with Gasteiger partial charge in [-0.2, -0.15) is 0 Å². The lowest BCUT2D eigenvalue weighted by Crippen LogP contribution is -2.56. The van der Waals surface area contributed by atoms with Gasteiger partial charge in [0.2, 0.25) is 5.89 Å². The Bertz CT molecular complexity index is 1100. The first-order valence-corrected chi connectivity index (χ1v) is 9.63. The van der Waals surface area contributed by atoms with E-state index in [9.17, 15) is 19.1 Å². The molecule has 3 aliphatic rings. The fraction of sp³-hybridized carbons (Fsp3) is 0.400. The highest BCUT2D eigenvalue weighted by molar-refractivity contribution is 5.95. The quantitative estimate of drug-likeness (QED) is 0.621. The van der Waals surface area contributed by atoms with Crippen LogP contribution in [-0.2, 0) is 4.79 Å². The molecule has 1 amide bonds. The summed E-state index contributed by atoms with van der Waals surface area (Å²) >= 11 is 0. The lowest BCUT2D eigenvalue weighted by Gasteiger charge is -2.46. The molecule has 150 valence electrons. The van der Waals surface area contributed by atoms with Crippen molar-refractivity contribution in [3.8, 4) is 11.5 Å². The second-order valence-corrected chi connectivity index (χ2v) is 7.83. The number of nitrogens with one attached hydrogen (secondary N) is 2. The first kappa shape index (κ1) is 17.8. The van der Waals surface area contributed by atoms with E-state index in [0.29, 0.717) is 16.6 Å². The predicted octanol–water partition coefficient (Wildman–Crippen LogP) is 2.98. The van der Waals surface area contributed by atoms with E-state index in [1.807, 2.05) is 0 Å². The number of amides is 1. The van der Waals surface area contributed by atoms with Crippen LogP contribution in [-0.4, -0.2) is 38.0 Å². The highest BCUT2D eigenvalue weighted by atomic mass is 19.1. The van der Waals surface area contributed by atoms with Crippen molar-refractivity contribution in [1.82, 2.24) is 20.3 Å². The molecule has 3 fully saturated rings. The summed E-state index contributed by atoms with van der Waals surface area (Å²) in [6.07, 6.45) is 7.57. The molecule has 0 saturated heterocycles. The number of nitrogens with zero attached hydrogens (tertiary/aromatic N) is 2. The molecule has 3 heterocycles. The maximum Gasteiger partial charge on any atom is 0.308 e. The Kier molecular flexibility index (Phi) is 4.11. The molecular formula is C20H19FN4O4. The van der Waals surface area contributed by atoms with Crippen molar-refractivity contribution < 1.29 is 23.5 Å². The fourth-order valence-electron chi connectivity index (χ4n) is 4.89. The number of carboxylic acids is 1. The summed E-state index contributed by atoms with van der Waals surface area (Å²) in [7, 11) is 0. The van der Waals surface area contributed by atoms with Crippen LogP contribution in [0.1, 0.15) is 36.2 Å². The molecule has 6 rings (SSSR count). The Labute approximate surface area is 164 Å². The van der Waals surface area contributed by atoms with E-state index in [2.05, 4.69) is 20.3 Å². The molecule has 0 radical (unpaired) electrons. The second-order valence-electron chi connectivity index (χ2n) is 7.83. The van der Waals surface area contributed by atoms with Gasteiger partial charge in [0, 0.05) is 17.6 Å². The highest BCUT2D eigenvalue weighted by Crippen LogP contribution is 2.45. The summed E-state index contributed by atoms with van der Waals surface area (Å²) in [4.78, 5) is 35.6. The molecule has 2 atom stereocenters. The molecule has 3 aromatic rings. The van der Waals surface area contributed by atoms with Crippen LogP contribution >= 0.6 is 0 Å². The smallest absolute Gasteiger partial charge is 0.308 e. The van der Waals surface area contributed by atoms with Crippen LogP contribution < -0.4 is 5.32 Å². The summed E-state index contributed by atoms with van der Waals surface area (Å²) in [6, 6.07) is 0.910. The van der Waals surface area contributed by atoms with Crippen LogP contribution in [0.3, 0.4) is 0 Å². The van der Waals surface area contributed by atoms with Gasteiger partial charge < -0.3 is 19.8 Å². The fourth-order valence-corrected chi connectivity index (χ4v) is 4.89. The number of fused-ring (bicyclic) bond motifs is 4. The SMILES string of the molecule is O=C(NC1C2CCC(CC2)[C@@H]1C(=O)O)c1coc(-c2c[nH]c3ncc(F)cc23)n1. The monoisotopic (exact) mass is 398 g/mol. The van der Waals surface area contributed by atoms with Gasteiger partial charge in [-0.15, -0.1) is 0 Å². The Hall–Kier alpha value is -3.23. The van der Waals surface area contributed by atoms with Crippen molar-refractivity contribution in [1.29, 1.82) is 0 Å². The van der Waals surface area contributed by atoms with Gasteiger partial charge in [0.05, 0.1) is 17.7 Å². The summed E-state index contributed by atoms with van der Waals surface area (Å²) in [5.41, 5.74) is 1.03. The standard InChI is InChI=1S/C20H19FN4O4/c21-11-5-12-13(7-23-17(12)22-6-11)19-24-14(8-29-19)18(26)25-16-10-3-1-9(2-4-10)15(16)20(27)28/h5-10,15-16H,1-4H2,(H,22,23)(H,25,26)(H,27,28)/t9?,10?,15-,16?/m0/s1. The summed E-state index contributed by atoms with van der Waals surface area (Å²) in [5, 5.41) is 13.0. The number of carboxylic acid groups (broad SMARTS) is 1. The van der Waals surface area contributed by atoms with Crippen molar-refractivity contribution >= 4 is 22.9 Å². The van der Waals surface area contributed by atoms with Gasteiger partial charge in [0.25, 0.3) is 5.91 Å². The number of pyridine rings is 1. The number of rotatable bonds is 4. The summed E-state index contributed by atoms with van der Waals surface area (Å²) < 4.78 is 19.0. The maximum atomic E-state index is 13.5. The largest absolute Gasteiger partial charge is 0.481 e. The lowest BCUT2D eigenvalue weighted by atomic mass is 9.61. The van der Waals surface area contributed by atoms with Gasteiger partial charge in [0.15, 0.2) is 5.69 Å². The molecule has 3 aliphatic carbocycles. The average Bonchev–Trinajstić information content (AvgIpc) is 3.35. The van der Waals surface area contributed by atoms with Crippen LogP contribution in [0, 0.1) is 23.6 Å². The molecule has 29 heavy (non-hydrogen) atoms. The van der Waals surface area contributed by atoms with Crippen molar-refractivity contribution in [2.45, 2.75) is 31.7 Å². The van der Waals surface area contributed by atoms with Gasteiger partial charge in [-0.25, -0.2) is 14.4 Å². The van der Waals surface area contributed by atoms with Crippen molar-refractivity contribution in [3.63, 3.8) is 0 Å². The van der Waals surface area contributed by atoms with Crippen molar-refractivity contribution in [3.05, 3.63) is 36.2 Å². The third-order valence-electron chi connectivity index (χ3n) is 6.27. The average molecular weight is 398 g/mol. The topological polar surface area (TPSA) is 121 Å². The van der Waals surface area contributed by atoms with Crippen LogP contribution in [0.15, 0.2) is 29.1 Å². The lowest BCUT2D eigenvalue weighted by molar-refractivity contribution is -0.149. The zero-order valence-electron chi connectivity index (χ0n) is 15.4. The molecule has 3 saturated carbocycles. The van der Waals surface area contributed by atoms with E-state index in [0.717, 1.165) is 31.9 Å². The van der Waals surface area contributed by atoms with Gasteiger partial charge in [-0.05, 0) is 43.6 Å².